The molecule has 4 nitrogen and oxygen atoms in total. The number of rotatable bonds is 4. The predicted molar refractivity (Wildman–Crippen MR) is 93.6 cm³/mol. The molecular formula is C20H28N2O2. The quantitative estimate of drug-likeness (QED) is 0.924. The molecule has 1 amide bonds. The monoisotopic (exact) mass is 328 g/mol. The van der Waals surface area contributed by atoms with Gasteiger partial charge in [-0.3, -0.25) is 9.69 Å². The lowest BCUT2D eigenvalue weighted by molar-refractivity contribution is -0.146. The van der Waals surface area contributed by atoms with Gasteiger partial charge in [0.25, 0.3) is 0 Å². The third-order valence-corrected chi connectivity index (χ3v) is 6.28. The van der Waals surface area contributed by atoms with Crippen LogP contribution in [0.4, 0.5) is 0 Å². The Morgan fingerprint density at radius 3 is 2.79 bits per heavy atom. The van der Waals surface area contributed by atoms with E-state index in [0.717, 1.165) is 63.5 Å². The van der Waals surface area contributed by atoms with Crippen LogP contribution in [0.2, 0.25) is 0 Å². The fraction of sp³-hybridized carbons (Fsp3) is 0.650. The molecule has 2 saturated heterocycles. The number of hydrogen-bond acceptors (Lipinski definition) is 3. The summed E-state index contributed by atoms with van der Waals surface area (Å²) in [7, 11) is 0. The number of carbonyl (C=O) groups is 1. The Hall–Kier alpha value is -1.55. The normalized spacial score (nSPS) is 28.5. The molecule has 130 valence electrons. The standard InChI is InChI=1S/C20H28N2O2/c23-18-7-2-6-17(12-18)13-21-11-9-20(15-21)8-3-10-22(19(20)24)14-16-4-1-5-16/h2,6-7,12,16,23H,1,3-5,8-11,13-15H2/t20-/m1/s1. The van der Waals surface area contributed by atoms with Crippen LogP contribution in [-0.4, -0.2) is 47.0 Å². The van der Waals surface area contributed by atoms with Crippen molar-refractivity contribution >= 4 is 5.91 Å². The molecule has 1 saturated carbocycles. The van der Waals surface area contributed by atoms with Crippen LogP contribution in [0.5, 0.6) is 5.75 Å². The molecule has 2 heterocycles. The Bertz CT molecular complexity index is 613. The number of carbonyl (C=O) groups excluding carboxylic acids is 1. The maximum atomic E-state index is 13.1. The van der Waals surface area contributed by atoms with Crippen LogP contribution in [0, 0.1) is 11.3 Å². The van der Waals surface area contributed by atoms with Crippen molar-refractivity contribution in [2.24, 2.45) is 11.3 Å². The number of nitrogens with zero attached hydrogens (tertiary/aromatic N) is 2. The van der Waals surface area contributed by atoms with Gasteiger partial charge in [0.15, 0.2) is 0 Å². The molecule has 2 aliphatic heterocycles. The van der Waals surface area contributed by atoms with Crippen molar-refractivity contribution in [1.29, 1.82) is 0 Å². The average molecular weight is 328 g/mol. The van der Waals surface area contributed by atoms with Gasteiger partial charge >= 0.3 is 0 Å². The fourth-order valence-corrected chi connectivity index (χ4v) is 4.70. The molecule has 4 rings (SSSR count). The molecule has 0 radical (unpaired) electrons. The van der Waals surface area contributed by atoms with Crippen LogP contribution in [0.15, 0.2) is 24.3 Å². The van der Waals surface area contributed by atoms with Gasteiger partial charge in [0.05, 0.1) is 5.41 Å². The predicted octanol–water partition coefficient (Wildman–Crippen LogP) is 3.01. The first-order valence-electron chi connectivity index (χ1n) is 9.44. The van der Waals surface area contributed by atoms with Crippen molar-refractivity contribution in [3.05, 3.63) is 29.8 Å². The molecule has 0 bridgehead atoms. The van der Waals surface area contributed by atoms with Gasteiger partial charge in [-0.2, -0.15) is 0 Å². The molecule has 1 aromatic rings. The smallest absolute Gasteiger partial charge is 0.230 e. The average Bonchev–Trinajstić information content (AvgIpc) is 2.91. The van der Waals surface area contributed by atoms with Gasteiger partial charge in [-0.15, -0.1) is 0 Å². The van der Waals surface area contributed by atoms with E-state index in [4.69, 9.17) is 0 Å². The number of piperidine rings is 1. The van der Waals surface area contributed by atoms with E-state index in [-0.39, 0.29) is 5.41 Å². The SMILES string of the molecule is O=C1N(CC2CCC2)CCC[C@]12CCN(Cc1cccc(O)c1)C2. The largest absolute Gasteiger partial charge is 0.508 e. The number of benzene rings is 1. The van der Waals surface area contributed by atoms with E-state index in [1.807, 2.05) is 12.1 Å². The second kappa shape index (κ2) is 6.40. The summed E-state index contributed by atoms with van der Waals surface area (Å²) in [5.41, 5.74) is 0.986. The van der Waals surface area contributed by atoms with Gasteiger partial charge in [0.2, 0.25) is 5.91 Å². The topological polar surface area (TPSA) is 43.8 Å². The zero-order valence-corrected chi connectivity index (χ0v) is 14.4. The van der Waals surface area contributed by atoms with Gasteiger partial charge in [-0.25, -0.2) is 0 Å². The van der Waals surface area contributed by atoms with Gasteiger partial charge < -0.3 is 10.0 Å². The van der Waals surface area contributed by atoms with E-state index in [9.17, 15) is 9.90 Å². The second-order valence-corrected chi connectivity index (χ2v) is 8.06. The lowest BCUT2D eigenvalue weighted by atomic mass is 9.77. The zero-order valence-electron chi connectivity index (χ0n) is 14.4. The number of hydrogen-bond donors (Lipinski definition) is 1. The van der Waals surface area contributed by atoms with Crippen LogP contribution < -0.4 is 0 Å². The summed E-state index contributed by atoms with van der Waals surface area (Å²) in [6, 6.07) is 7.48. The molecule has 3 fully saturated rings. The van der Waals surface area contributed by atoms with Crippen molar-refractivity contribution in [2.45, 2.75) is 45.1 Å². The van der Waals surface area contributed by atoms with Gasteiger partial charge in [-0.05, 0) is 62.3 Å². The molecule has 24 heavy (non-hydrogen) atoms. The minimum atomic E-state index is -0.140. The Kier molecular flexibility index (Phi) is 4.25. The third kappa shape index (κ3) is 3.04. The lowest BCUT2D eigenvalue weighted by Crippen LogP contribution is -2.51. The molecule has 1 spiro atoms. The number of phenols is 1. The van der Waals surface area contributed by atoms with Gasteiger partial charge in [-0.1, -0.05) is 18.6 Å². The molecule has 0 unspecified atom stereocenters. The van der Waals surface area contributed by atoms with E-state index in [0.29, 0.717) is 11.7 Å². The molecule has 1 N–H and O–H groups in total. The highest BCUT2D eigenvalue weighted by molar-refractivity contribution is 5.84. The fourth-order valence-electron chi connectivity index (χ4n) is 4.70. The first kappa shape index (κ1) is 15.9. The number of likely N-dealkylation sites (tertiary alicyclic amines) is 2. The maximum absolute atomic E-state index is 13.1. The Morgan fingerprint density at radius 2 is 2.04 bits per heavy atom. The van der Waals surface area contributed by atoms with Crippen molar-refractivity contribution in [2.75, 3.05) is 26.2 Å². The molecule has 1 atom stereocenters. The maximum Gasteiger partial charge on any atom is 0.230 e. The van der Waals surface area contributed by atoms with Crippen LogP contribution in [0.1, 0.15) is 44.1 Å². The Balaban J connectivity index is 1.40. The molecule has 1 aliphatic carbocycles. The Labute approximate surface area is 144 Å². The molecule has 4 heteroatoms. The summed E-state index contributed by atoms with van der Waals surface area (Å²) >= 11 is 0. The molecule has 3 aliphatic rings. The van der Waals surface area contributed by atoms with Crippen LogP contribution >= 0.6 is 0 Å². The van der Waals surface area contributed by atoms with Gasteiger partial charge in [0, 0.05) is 26.2 Å². The molecular weight excluding hydrogens is 300 g/mol. The van der Waals surface area contributed by atoms with E-state index < -0.39 is 0 Å². The van der Waals surface area contributed by atoms with E-state index in [1.165, 1.54) is 19.3 Å². The van der Waals surface area contributed by atoms with Crippen LogP contribution in [0.3, 0.4) is 0 Å². The summed E-state index contributed by atoms with van der Waals surface area (Å²) in [4.78, 5) is 17.7. The third-order valence-electron chi connectivity index (χ3n) is 6.28. The van der Waals surface area contributed by atoms with E-state index >= 15 is 0 Å². The summed E-state index contributed by atoms with van der Waals surface area (Å²) in [6.07, 6.45) is 7.14. The highest BCUT2D eigenvalue weighted by Crippen LogP contribution is 2.41. The van der Waals surface area contributed by atoms with Crippen molar-refractivity contribution < 1.29 is 9.90 Å². The number of aromatic hydroxyl groups is 1. The first-order valence-corrected chi connectivity index (χ1v) is 9.44. The lowest BCUT2D eigenvalue weighted by Gasteiger charge is -2.42. The van der Waals surface area contributed by atoms with Crippen LogP contribution in [-0.2, 0) is 11.3 Å². The van der Waals surface area contributed by atoms with E-state index in [2.05, 4.69) is 15.9 Å². The van der Waals surface area contributed by atoms with Gasteiger partial charge in [0.1, 0.15) is 5.75 Å². The Morgan fingerprint density at radius 1 is 1.17 bits per heavy atom. The van der Waals surface area contributed by atoms with E-state index in [1.54, 1.807) is 6.07 Å². The zero-order chi connectivity index (χ0) is 16.6. The minimum absolute atomic E-state index is 0.140. The summed E-state index contributed by atoms with van der Waals surface area (Å²) < 4.78 is 0. The minimum Gasteiger partial charge on any atom is -0.508 e. The number of amides is 1. The molecule has 0 aromatic heterocycles. The highest BCUT2D eigenvalue weighted by Gasteiger charge is 2.48. The second-order valence-electron chi connectivity index (χ2n) is 8.06. The summed E-state index contributed by atoms with van der Waals surface area (Å²) in [6.45, 7) is 4.64. The van der Waals surface area contributed by atoms with Crippen molar-refractivity contribution in [3.63, 3.8) is 0 Å². The van der Waals surface area contributed by atoms with Crippen molar-refractivity contribution in [1.82, 2.24) is 9.80 Å². The summed E-state index contributed by atoms with van der Waals surface area (Å²) in [5, 5.41) is 9.64. The first-order chi connectivity index (χ1) is 11.6. The number of phenolic OH excluding ortho intramolecular Hbond substituents is 1. The highest BCUT2D eigenvalue weighted by atomic mass is 16.3. The van der Waals surface area contributed by atoms with Crippen molar-refractivity contribution in [3.8, 4) is 5.75 Å². The summed E-state index contributed by atoms with van der Waals surface area (Å²) in [5.74, 6) is 1.50. The molecule has 1 aromatic carbocycles. The van der Waals surface area contributed by atoms with Crippen LogP contribution in [0.25, 0.3) is 0 Å².